The van der Waals surface area contributed by atoms with Gasteiger partial charge in [0.15, 0.2) is 5.78 Å². The van der Waals surface area contributed by atoms with Crippen molar-refractivity contribution in [2.45, 2.75) is 13.8 Å². The van der Waals surface area contributed by atoms with Gasteiger partial charge in [-0.25, -0.2) is 0 Å². The second-order valence-corrected chi connectivity index (χ2v) is 3.08. The van der Waals surface area contributed by atoms with Crippen LogP contribution in [0.4, 0.5) is 0 Å². The molecule has 0 aliphatic rings. The molecular weight excluding hydrogens is 162 g/mol. The monoisotopic (exact) mass is 173 g/mol. The first kappa shape index (κ1) is 9.47. The number of nitriles is 1. The summed E-state index contributed by atoms with van der Waals surface area (Å²) in [4.78, 5) is 11.5. The minimum Gasteiger partial charge on any atom is -0.293 e. The molecule has 0 spiro atoms. The van der Waals surface area contributed by atoms with E-state index in [4.69, 9.17) is 5.26 Å². The number of carbonyl (C=O) groups is 1. The summed E-state index contributed by atoms with van der Waals surface area (Å²) in [6.45, 7) is 3.54. The van der Waals surface area contributed by atoms with Crippen LogP contribution in [0.3, 0.4) is 0 Å². The number of hydrogen-bond acceptors (Lipinski definition) is 2. The number of rotatable bonds is 2. The molecule has 0 aromatic heterocycles. The highest BCUT2D eigenvalue weighted by Crippen LogP contribution is 2.09. The summed E-state index contributed by atoms with van der Waals surface area (Å²) in [5.41, 5.74) is 1.66. The number of carbonyl (C=O) groups excluding carboxylic acids is 1. The van der Waals surface area contributed by atoms with Gasteiger partial charge in [-0.3, -0.25) is 4.79 Å². The Labute approximate surface area is 77.8 Å². The van der Waals surface area contributed by atoms with Crippen LogP contribution in [0.25, 0.3) is 0 Å². The van der Waals surface area contributed by atoms with E-state index in [0.717, 1.165) is 5.56 Å². The molecule has 13 heavy (non-hydrogen) atoms. The van der Waals surface area contributed by atoms with Gasteiger partial charge < -0.3 is 0 Å². The van der Waals surface area contributed by atoms with E-state index in [0.29, 0.717) is 5.56 Å². The van der Waals surface area contributed by atoms with Gasteiger partial charge in [-0.05, 0) is 19.9 Å². The van der Waals surface area contributed by atoms with Crippen LogP contribution in [0.1, 0.15) is 22.8 Å². The first-order valence-corrected chi connectivity index (χ1v) is 4.15. The summed E-state index contributed by atoms with van der Waals surface area (Å²) < 4.78 is 0. The fraction of sp³-hybridized carbons (Fsp3) is 0.273. The third-order valence-corrected chi connectivity index (χ3v) is 1.89. The summed E-state index contributed by atoms with van der Waals surface area (Å²) in [7, 11) is 0. The number of hydrogen-bond donors (Lipinski definition) is 0. The van der Waals surface area contributed by atoms with Crippen molar-refractivity contribution in [3.8, 4) is 6.07 Å². The molecule has 0 saturated carbocycles. The van der Waals surface area contributed by atoms with E-state index in [9.17, 15) is 4.79 Å². The first-order valence-electron chi connectivity index (χ1n) is 4.15. The number of Topliss-reactive ketones (excluding diaryl/α,β-unsaturated/α-hetero) is 1. The molecule has 0 aliphatic heterocycles. The number of nitrogens with zero attached hydrogens (tertiary/aromatic N) is 1. The lowest BCUT2D eigenvalue weighted by Crippen LogP contribution is -2.08. The van der Waals surface area contributed by atoms with Crippen molar-refractivity contribution in [3.05, 3.63) is 35.4 Å². The van der Waals surface area contributed by atoms with Gasteiger partial charge in [0.25, 0.3) is 0 Å². The molecule has 2 nitrogen and oxygen atoms in total. The van der Waals surface area contributed by atoms with E-state index in [2.05, 4.69) is 0 Å². The van der Waals surface area contributed by atoms with Crippen LogP contribution >= 0.6 is 0 Å². The van der Waals surface area contributed by atoms with Crippen molar-refractivity contribution in [2.75, 3.05) is 0 Å². The summed E-state index contributed by atoms with van der Waals surface area (Å²) in [6.07, 6.45) is 0. The Morgan fingerprint density at radius 1 is 1.54 bits per heavy atom. The Hall–Kier alpha value is -1.62. The highest BCUT2D eigenvalue weighted by Gasteiger charge is 2.13. The maximum absolute atomic E-state index is 11.5. The smallest absolute Gasteiger partial charge is 0.179 e. The molecule has 1 atom stereocenters. The topological polar surface area (TPSA) is 40.9 Å². The van der Waals surface area contributed by atoms with Gasteiger partial charge in [-0.2, -0.15) is 5.26 Å². The fourth-order valence-corrected chi connectivity index (χ4v) is 1.11. The van der Waals surface area contributed by atoms with Crippen LogP contribution in [-0.2, 0) is 0 Å². The van der Waals surface area contributed by atoms with Gasteiger partial charge in [-0.15, -0.1) is 0 Å². The third kappa shape index (κ3) is 2.16. The summed E-state index contributed by atoms with van der Waals surface area (Å²) in [5, 5.41) is 8.56. The van der Waals surface area contributed by atoms with Gasteiger partial charge >= 0.3 is 0 Å². The van der Waals surface area contributed by atoms with E-state index in [1.165, 1.54) is 0 Å². The van der Waals surface area contributed by atoms with Gasteiger partial charge in [0.1, 0.15) is 5.92 Å². The van der Waals surface area contributed by atoms with Gasteiger partial charge in [0.05, 0.1) is 6.07 Å². The molecule has 2 heteroatoms. The fourth-order valence-electron chi connectivity index (χ4n) is 1.11. The Morgan fingerprint density at radius 3 is 2.77 bits per heavy atom. The van der Waals surface area contributed by atoms with Crippen LogP contribution in [0.2, 0.25) is 0 Å². The highest BCUT2D eigenvalue weighted by atomic mass is 16.1. The van der Waals surface area contributed by atoms with Crippen molar-refractivity contribution < 1.29 is 4.79 Å². The standard InChI is InChI=1S/C11H11NO/c1-8-4-3-5-10(6-8)11(13)9(2)7-12/h3-6,9H,1-2H3. The summed E-state index contributed by atoms with van der Waals surface area (Å²) in [5.74, 6) is -0.659. The van der Waals surface area contributed by atoms with Crippen LogP contribution in [0, 0.1) is 24.2 Å². The molecule has 0 heterocycles. The van der Waals surface area contributed by atoms with E-state index < -0.39 is 5.92 Å². The molecule has 0 saturated heterocycles. The number of aryl methyl sites for hydroxylation is 1. The number of benzene rings is 1. The second-order valence-electron chi connectivity index (χ2n) is 3.08. The maximum atomic E-state index is 11.5. The van der Waals surface area contributed by atoms with Gasteiger partial charge in [-0.1, -0.05) is 23.8 Å². The molecule has 1 rings (SSSR count). The molecule has 0 N–H and O–H groups in total. The van der Waals surface area contributed by atoms with Crippen LogP contribution < -0.4 is 0 Å². The lowest BCUT2D eigenvalue weighted by Gasteiger charge is -2.02. The van der Waals surface area contributed by atoms with Gasteiger partial charge in [0, 0.05) is 5.56 Å². The minimum absolute atomic E-state index is 0.105. The average Bonchev–Trinajstić information content (AvgIpc) is 2.15. The molecule has 0 fully saturated rings. The van der Waals surface area contributed by atoms with E-state index in [-0.39, 0.29) is 5.78 Å². The molecule has 66 valence electrons. The average molecular weight is 173 g/mol. The Kier molecular flexibility index (Phi) is 2.81. The molecule has 0 radical (unpaired) electrons. The predicted molar refractivity (Wildman–Crippen MR) is 50.3 cm³/mol. The summed E-state index contributed by atoms with van der Waals surface area (Å²) >= 11 is 0. The zero-order valence-corrected chi connectivity index (χ0v) is 7.74. The SMILES string of the molecule is Cc1cccc(C(=O)C(C)C#N)c1. The summed E-state index contributed by atoms with van der Waals surface area (Å²) in [6, 6.07) is 9.22. The Balaban J connectivity index is 2.97. The van der Waals surface area contributed by atoms with Gasteiger partial charge in [0.2, 0.25) is 0 Å². The van der Waals surface area contributed by atoms with Crippen LogP contribution in [-0.4, -0.2) is 5.78 Å². The largest absolute Gasteiger partial charge is 0.293 e. The Morgan fingerprint density at radius 2 is 2.23 bits per heavy atom. The normalized spacial score (nSPS) is 11.8. The second kappa shape index (κ2) is 3.86. The molecule has 1 aromatic rings. The lowest BCUT2D eigenvalue weighted by atomic mass is 9.99. The van der Waals surface area contributed by atoms with Crippen LogP contribution in [0.15, 0.2) is 24.3 Å². The molecule has 1 aromatic carbocycles. The lowest BCUT2D eigenvalue weighted by molar-refractivity contribution is 0.0956. The van der Waals surface area contributed by atoms with Crippen LogP contribution in [0.5, 0.6) is 0 Å². The molecule has 0 amide bonds. The first-order chi connectivity index (χ1) is 6.15. The quantitative estimate of drug-likeness (QED) is 0.644. The predicted octanol–water partition coefficient (Wildman–Crippen LogP) is 2.34. The molecule has 0 aliphatic carbocycles. The van der Waals surface area contributed by atoms with E-state index >= 15 is 0 Å². The Bertz CT molecular complexity index is 363. The van der Waals surface area contributed by atoms with E-state index in [1.807, 2.05) is 25.1 Å². The highest BCUT2D eigenvalue weighted by molar-refractivity contribution is 5.99. The number of ketones is 1. The van der Waals surface area contributed by atoms with E-state index in [1.54, 1.807) is 19.1 Å². The molecule has 1 unspecified atom stereocenters. The minimum atomic E-state index is -0.554. The van der Waals surface area contributed by atoms with Crippen molar-refractivity contribution in [3.63, 3.8) is 0 Å². The van der Waals surface area contributed by atoms with Crippen molar-refractivity contribution in [1.82, 2.24) is 0 Å². The maximum Gasteiger partial charge on any atom is 0.179 e. The van der Waals surface area contributed by atoms with Crippen molar-refractivity contribution in [1.29, 1.82) is 5.26 Å². The zero-order chi connectivity index (χ0) is 9.84. The third-order valence-electron chi connectivity index (χ3n) is 1.89. The molecule has 0 bridgehead atoms. The molecular formula is C11H11NO. The van der Waals surface area contributed by atoms with Crippen molar-refractivity contribution in [2.24, 2.45) is 5.92 Å². The zero-order valence-electron chi connectivity index (χ0n) is 7.74. The van der Waals surface area contributed by atoms with Crippen molar-refractivity contribution >= 4 is 5.78 Å².